The highest BCUT2D eigenvalue weighted by atomic mass is 28.5. The Morgan fingerprint density at radius 3 is 1.17 bits per heavy atom. The van der Waals surface area contributed by atoms with E-state index in [1.54, 1.807) is 0 Å². The molecular weight excluding hydrogens is 224 g/mol. The number of hydrogen-bond donors (Lipinski definition) is 0. The van der Waals surface area contributed by atoms with E-state index < -0.39 is 17.1 Å². The van der Waals surface area contributed by atoms with Crippen LogP contribution in [0, 0.1) is 0 Å². The zero-order valence-corrected chi connectivity index (χ0v) is 11.6. The summed E-state index contributed by atoms with van der Waals surface area (Å²) in [4.78, 5) is 0. The predicted octanol–water partition coefficient (Wildman–Crippen LogP) is 0.538. The van der Waals surface area contributed by atoms with Crippen molar-refractivity contribution in [1.29, 1.82) is 0 Å². The van der Waals surface area contributed by atoms with Crippen molar-refractivity contribution in [2.45, 2.75) is 26.2 Å². The minimum atomic E-state index is -1.94. The highest BCUT2D eigenvalue weighted by Gasteiger charge is 2.34. The van der Waals surface area contributed by atoms with Crippen LogP contribution in [0.15, 0.2) is 0 Å². The first-order valence-electron chi connectivity index (χ1n) is 3.63. The molecule has 0 aromatic heterocycles. The highest BCUT2D eigenvalue weighted by Crippen LogP contribution is 2.12. The van der Waals surface area contributed by atoms with E-state index in [2.05, 4.69) is 0 Å². The fourth-order valence-corrected chi connectivity index (χ4v) is 5.86. The maximum Gasteiger partial charge on any atom is 0.413 e. The first kappa shape index (κ1) is 10.8. The molecule has 0 aliphatic carbocycles. The molecule has 1 heterocycles. The molecule has 68 valence electrons. The van der Waals surface area contributed by atoms with Crippen molar-refractivity contribution in [2.24, 2.45) is 0 Å². The van der Waals surface area contributed by atoms with Gasteiger partial charge in [0, 0.05) is 0 Å². The van der Waals surface area contributed by atoms with E-state index >= 15 is 0 Å². The van der Waals surface area contributed by atoms with Crippen LogP contribution in [0.4, 0.5) is 0 Å². The monoisotopic (exact) mass is 236 g/mol. The Morgan fingerprint density at radius 2 is 0.917 bits per heavy atom. The van der Waals surface area contributed by atoms with Crippen LogP contribution >= 0.6 is 0 Å². The Hall–Kier alpha value is 0.708. The van der Waals surface area contributed by atoms with Gasteiger partial charge in [-0.15, -0.1) is 0 Å². The standard InChI is InChI=1S/C4H12O4Si4/c1-11(2)5-9-7-12(3,4)8-10-6-11/h1-4H3. The van der Waals surface area contributed by atoms with E-state index in [1.807, 2.05) is 26.2 Å². The minimum Gasteiger partial charge on any atom is -0.414 e. The van der Waals surface area contributed by atoms with Crippen molar-refractivity contribution < 1.29 is 16.5 Å². The Balaban J connectivity index is 2.45. The van der Waals surface area contributed by atoms with Gasteiger partial charge in [0.1, 0.15) is 0 Å². The van der Waals surface area contributed by atoms with Crippen molar-refractivity contribution in [3.8, 4) is 0 Å². The highest BCUT2D eigenvalue weighted by molar-refractivity contribution is 6.78. The topological polar surface area (TPSA) is 36.9 Å². The Bertz CT molecular complexity index is 131. The summed E-state index contributed by atoms with van der Waals surface area (Å²) in [5.41, 5.74) is 0. The van der Waals surface area contributed by atoms with Crippen LogP contribution in [0.25, 0.3) is 0 Å². The predicted molar refractivity (Wildman–Crippen MR) is 50.8 cm³/mol. The molecule has 4 nitrogen and oxygen atoms in total. The molecule has 1 saturated heterocycles. The Morgan fingerprint density at radius 1 is 0.667 bits per heavy atom. The lowest BCUT2D eigenvalue weighted by Crippen LogP contribution is -2.48. The number of hydrogen-bond acceptors (Lipinski definition) is 4. The molecule has 0 aromatic rings. The van der Waals surface area contributed by atoms with Crippen molar-refractivity contribution in [3.63, 3.8) is 0 Å². The Kier molecular flexibility index (Phi) is 3.45. The van der Waals surface area contributed by atoms with Crippen LogP contribution in [0.2, 0.25) is 26.2 Å². The smallest absolute Gasteiger partial charge is 0.413 e. The molecule has 1 fully saturated rings. The molecule has 0 saturated carbocycles. The third-order valence-electron chi connectivity index (χ3n) is 1.15. The largest absolute Gasteiger partial charge is 0.414 e. The van der Waals surface area contributed by atoms with Crippen molar-refractivity contribution >= 4 is 37.1 Å². The molecule has 1 rings (SSSR count). The molecular formula is C4H12O4Si4. The van der Waals surface area contributed by atoms with Crippen LogP contribution < -0.4 is 0 Å². The average Bonchev–Trinajstić information content (AvgIpc) is 1.82. The first-order valence-corrected chi connectivity index (χ1v) is 10.9. The van der Waals surface area contributed by atoms with Crippen LogP contribution in [-0.2, 0) is 16.5 Å². The normalized spacial score (nSPS) is 29.0. The molecule has 8 heteroatoms. The molecule has 1 aliphatic heterocycles. The lowest BCUT2D eigenvalue weighted by molar-refractivity contribution is 0.290. The van der Waals surface area contributed by atoms with Crippen LogP contribution in [0.3, 0.4) is 0 Å². The van der Waals surface area contributed by atoms with E-state index in [4.69, 9.17) is 16.5 Å². The van der Waals surface area contributed by atoms with Gasteiger partial charge in [0.05, 0.1) is 0 Å². The van der Waals surface area contributed by atoms with E-state index in [9.17, 15) is 0 Å². The van der Waals surface area contributed by atoms with E-state index in [0.717, 1.165) is 0 Å². The molecule has 0 atom stereocenters. The van der Waals surface area contributed by atoms with Gasteiger partial charge in [0.2, 0.25) is 0 Å². The molecule has 0 bridgehead atoms. The second kappa shape index (κ2) is 3.84. The van der Waals surface area contributed by atoms with Crippen molar-refractivity contribution in [1.82, 2.24) is 0 Å². The van der Waals surface area contributed by atoms with Gasteiger partial charge in [-0.1, -0.05) is 0 Å². The second-order valence-electron chi connectivity index (χ2n) is 3.37. The zero-order valence-electron chi connectivity index (χ0n) is 7.63. The molecule has 12 heavy (non-hydrogen) atoms. The van der Waals surface area contributed by atoms with E-state index in [1.165, 1.54) is 0 Å². The summed E-state index contributed by atoms with van der Waals surface area (Å²) in [6, 6.07) is 0. The van der Waals surface area contributed by atoms with Crippen LogP contribution in [0.1, 0.15) is 0 Å². The van der Waals surface area contributed by atoms with Gasteiger partial charge >= 0.3 is 37.1 Å². The zero-order chi connectivity index (χ0) is 9.24. The Labute approximate surface area is 80.2 Å². The van der Waals surface area contributed by atoms with Gasteiger partial charge in [-0.05, 0) is 26.2 Å². The number of rotatable bonds is 0. The fraction of sp³-hybridized carbons (Fsp3) is 1.00. The van der Waals surface area contributed by atoms with Gasteiger partial charge in [-0.25, -0.2) is 0 Å². The molecule has 0 spiro atoms. The summed E-state index contributed by atoms with van der Waals surface area (Å²) in [5.74, 6) is 0. The first-order chi connectivity index (χ1) is 5.41. The van der Waals surface area contributed by atoms with E-state index in [0.29, 0.717) is 0 Å². The summed E-state index contributed by atoms with van der Waals surface area (Å²) < 4.78 is 22.0. The molecule has 1 aliphatic rings. The van der Waals surface area contributed by atoms with E-state index in [-0.39, 0.29) is 20.0 Å². The van der Waals surface area contributed by atoms with Crippen LogP contribution in [0.5, 0.6) is 0 Å². The third kappa shape index (κ3) is 3.61. The summed E-state index contributed by atoms with van der Waals surface area (Å²) in [7, 11) is -3.74. The van der Waals surface area contributed by atoms with Gasteiger partial charge in [0.15, 0.2) is 0 Å². The van der Waals surface area contributed by atoms with Crippen molar-refractivity contribution in [2.75, 3.05) is 0 Å². The molecule has 0 aromatic carbocycles. The maximum atomic E-state index is 5.49. The minimum absolute atomic E-state index is 0.0710. The van der Waals surface area contributed by atoms with Crippen molar-refractivity contribution in [3.05, 3.63) is 0 Å². The van der Waals surface area contributed by atoms with Crippen LogP contribution in [-0.4, -0.2) is 37.1 Å². The summed E-state index contributed by atoms with van der Waals surface area (Å²) in [5, 5.41) is 0. The second-order valence-corrected chi connectivity index (χ2v) is 12.6. The van der Waals surface area contributed by atoms with Gasteiger partial charge in [-0.3, -0.25) is 0 Å². The molecule has 4 radical (unpaired) electrons. The molecule has 0 unspecified atom stereocenters. The lowest BCUT2D eigenvalue weighted by atomic mass is 11.9. The molecule has 0 N–H and O–H groups in total. The van der Waals surface area contributed by atoms with Gasteiger partial charge < -0.3 is 16.5 Å². The summed E-state index contributed by atoms with van der Waals surface area (Å²) in [6.45, 7) is 7.94. The summed E-state index contributed by atoms with van der Waals surface area (Å²) >= 11 is 0. The quantitative estimate of drug-likeness (QED) is 0.575. The fourth-order valence-electron chi connectivity index (χ4n) is 0.485. The maximum absolute atomic E-state index is 5.49. The SMILES string of the molecule is C[Si]1(C)O[Si]O[Si](C)(C)O[Si]O1. The van der Waals surface area contributed by atoms with Gasteiger partial charge in [0.25, 0.3) is 0 Å². The summed E-state index contributed by atoms with van der Waals surface area (Å²) in [6.07, 6.45) is 0. The third-order valence-corrected chi connectivity index (χ3v) is 10.3. The van der Waals surface area contributed by atoms with Gasteiger partial charge in [-0.2, -0.15) is 0 Å². The average molecular weight is 236 g/mol. The lowest BCUT2D eigenvalue weighted by Gasteiger charge is -2.30. The molecule has 0 amide bonds.